The number of rotatable bonds is 22. The van der Waals surface area contributed by atoms with E-state index in [0.29, 0.717) is 0 Å². The van der Waals surface area contributed by atoms with Crippen LogP contribution in [0.4, 0.5) is 87.8 Å². The van der Waals surface area contributed by atoms with Crippen LogP contribution < -0.4 is 29.6 Å². The number of aliphatic carboxylic acids is 1. The molecule has 0 radical (unpaired) electrons. The van der Waals surface area contributed by atoms with Gasteiger partial charge in [-0.3, -0.25) is 23.6 Å². The molecule has 11 nitrogen and oxygen atoms in total. The second-order valence-electron chi connectivity index (χ2n) is 9.58. The smallest absolute Gasteiger partial charge is 1.00 e. The number of carbonyl (C=O) groups is 2. The third-order valence-electron chi connectivity index (χ3n) is 5.35. The van der Waals surface area contributed by atoms with E-state index in [1.807, 2.05) is 0 Å². The average Bonchev–Trinajstić information content (AvgIpc) is 2.91. The number of ether oxygens (including phenoxy) is 5. The predicted molar refractivity (Wildman–Crippen MR) is 119 cm³/mol. The Kier molecular flexibility index (Phi) is 18.6. The molecule has 53 heavy (non-hydrogen) atoms. The van der Waals surface area contributed by atoms with Gasteiger partial charge in [-0.05, 0) is 0 Å². The Labute approximate surface area is 303 Å². The van der Waals surface area contributed by atoms with E-state index in [2.05, 4.69) is 23.7 Å². The van der Waals surface area contributed by atoms with Crippen LogP contribution in [0.15, 0.2) is 0 Å². The first-order valence-corrected chi connectivity index (χ1v) is 13.9. The maximum Gasteiger partial charge on any atom is 1.00 e. The van der Waals surface area contributed by atoms with Gasteiger partial charge in [0.2, 0.25) is 0 Å². The largest absolute Gasteiger partial charge is 1.00 e. The molecule has 33 heteroatoms. The minimum Gasteiger partial charge on any atom is -1.00 e. The summed E-state index contributed by atoms with van der Waals surface area (Å²) >= 11 is 0. The van der Waals surface area contributed by atoms with Crippen molar-refractivity contribution in [3.8, 4) is 0 Å². The van der Waals surface area contributed by atoms with Gasteiger partial charge in [-0.1, -0.05) is 0 Å². The van der Waals surface area contributed by atoms with Crippen molar-refractivity contribution in [3.05, 3.63) is 0 Å². The molecule has 312 valence electrons. The summed E-state index contributed by atoms with van der Waals surface area (Å²) in [5.41, 5.74) is 0. The van der Waals surface area contributed by atoms with Gasteiger partial charge in [0, 0.05) is 6.42 Å². The van der Waals surface area contributed by atoms with Gasteiger partial charge in [0.15, 0.2) is 5.25 Å². The van der Waals surface area contributed by atoms with Crippen LogP contribution in [0.2, 0.25) is 0 Å². The fourth-order valence-electron chi connectivity index (χ4n) is 2.68. The third kappa shape index (κ3) is 14.7. The first-order chi connectivity index (χ1) is 22.8. The first-order valence-electron chi connectivity index (χ1n) is 12.3. The molecule has 0 aromatic heterocycles. The number of carboxylic acid groups (broad SMARTS) is 1. The summed E-state index contributed by atoms with van der Waals surface area (Å²) in [6.07, 6.45) is -44.3. The Hall–Kier alpha value is -1.71. The molecule has 0 saturated carbocycles. The molecule has 0 rings (SSSR count). The van der Waals surface area contributed by atoms with Crippen molar-refractivity contribution < 1.29 is 170 Å². The number of carbonyl (C=O) groups excluding carboxylic acids is 1. The average molecular weight is 870 g/mol. The Morgan fingerprint density at radius 1 is 0.660 bits per heavy atom. The summed E-state index contributed by atoms with van der Waals surface area (Å²) in [5, 5.41) is 5.55. The van der Waals surface area contributed by atoms with Gasteiger partial charge in [-0.25, -0.2) is 8.78 Å². The molecule has 0 amide bonds. The molecular formula is C20H19F20NaO11S. The second kappa shape index (κ2) is 18.5. The van der Waals surface area contributed by atoms with Gasteiger partial charge in [-0.2, -0.15) is 87.4 Å². The zero-order valence-electron chi connectivity index (χ0n) is 26.1. The molecular weight excluding hydrogens is 851 g/mol. The SMILES string of the molecule is O=C(O)CC(C(=O)OC(CCOCC(F)(F)C(F)OC(F)(F)C(F)(F)C(F)(F)F)COCC(F)(F)C(F)OC(F)(F)C(F)(F)C(F)(F)F)S(=O)(=O)O.[H-].[Na+]. The molecule has 2 N–H and O–H groups in total. The van der Waals surface area contributed by atoms with Crippen LogP contribution >= 0.6 is 0 Å². The van der Waals surface area contributed by atoms with Gasteiger partial charge < -0.3 is 20.7 Å². The molecule has 0 bridgehead atoms. The monoisotopic (exact) mass is 870 g/mol. The fraction of sp³-hybridized carbons (Fsp3) is 0.900. The molecule has 0 aliphatic carbocycles. The maximum atomic E-state index is 13.9. The van der Waals surface area contributed by atoms with Crippen molar-refractivity contribution in [2.75, 3.05) is 26.4 Å². The number of hydrogen-bond acceptors (Lipinski definition) is 9. The molecule has 0 fully saturated rings. The molecule has 4 unspecified atom stereocenters. The summed E-state index contributed by atoms with van der Waals surface area (Å²) in [6, 6.07) is 0. The van der Waals surface area contributed by atoms with Crippen LogP contribution in [0.5, 0.6) is 0 Å². The zero-order chi connectivity index (χ0) is 41.7. The number of esters is 1. The second-order valence-corrected chi connectivity index (χ2v) is 11.2. The molecule has 0 saturated heterocycles. The normalized spacial score (nSPS) is 16.7. The quantitative estimate of drug-likeness (QED) is 0.0543. The molecule has 0 aromatic carbocycles. The Balaban J connectivity index is -0.0000130. The van der Waals surface area contributed by atoms with Crippen molar-refractivity contribution in [1.29, 1.82) is 0 Å². The van der Waals surface area contributed by atoms with E-state index in [1.54, 1.807) is 0 Å². The summed E-state index contributed by atoms with van der Waals surface area (Å²) in [6.45, 7) is -8.78. The van der Waals surface area contributed by atoms with E-state index in [9.17, 15) is 106 Å². The topological polar surface area (TPSA) is 155 Å². The summed E-state index contributed by atoms with van der Waals surface area (Å²) < 4.78 is 307. The standard InChI is InChI=1S/C20H18F20O11S.Na.H/c21-11(50-19(37,38)15(27,28)17(31,32)33)13(23,24)5-47-2-1-7(49-10(43)8(3-9(41)42)52(44,45)46)4-48-6-14(25,26)12(22)51-20(39,40)16(29,30)18(34,35)36;;/h7-8,11-12H,1-6H2,(H,41,42)(H,44,45,46);;/q;+1;-1. The zero-order valence-corrected chi connectivity index (χ0v) is 27.9. The summed E-state index contributed by atoms with van der Waals surface area (Å²) in [4.78, 5) is 22.9. The molecule has 0 aliphatic heterocycles. The Morgan fingerprint density at radius 2 is 1.02 bits per heavy atom. The van der Waals surface area contributed by atoms with Crippen LogP contribution in [0.1, 0.15) is 14.3 Å². The van der Waals surface area contributed by atoms with E-state index in [-0.39, 0.29) is 31.0 Å². The minimum absolute atomic E-state index is 0. The van der Waals surface area contributed by atoms with Crippen LogP contribution in [0.25, 0.3) is 0 Å². The molecule has 0 aromatic rings. The number of halogens is 20. The molecule has 0 spiro atoms. The van der Waals surface area contributed by atoms with E-state index < -0.39 is 134 Å². The Bertz CT molecular complexity index is 1320. The number of hydrogen-bond donors (Lipinski definition) is 2. The molecule has 0 heterocycles. The van der Waals surface area contributed by atoms with Gasteiger partial charge in [0.25, 0.3) is 22.8 Å². The van der Waals surface area contributed by atoms with Crippen molar-refractivity contribution in [2.45, 2.75) is 85.2 Å². The predicted octanol–water partition coefficient (Wildman–Crippen LogP) is 2.64. The van der Waals surface area contributed by atoms with Crippen LogP contribution in [-0.2, 0) is 43.4 Å². The molecule has 4 atom stereocenters. The van der Waals surface area contributed by atoms with E-state index in [1.165, 1.54) is 0 Å². The van der Waals surface area contributed by atoms with E-state index >= 15 is 0 Å². The maximum absolute atomic E-state index is 13.9. The Morgan fingerprint density at radius 3 is 1.34 bits per heavy atom. The fourth-order valence-corrected chi connectivity index (χ4v) is 3.33. The van der Waals surface area contributed by atoms with Crippen molar-refractivity contribution >= 4 is 22.1 Å². The van der Waals surface area contributed by atoms with Gasteiger partial charge in [0.05, 0.1) is 19.6 Å². The van der Waals surface area contributed by atoms with Gasteiger partial charge >= 0.3 is 89.8 Å². The summed E-state index contributed by atoms with van der Waals surface area (Å²) in [5.74, 6) is -30.3. The number of carboxylic acids is 1. The van der Waals surface area contributed by atoms with Crippen molar-refractivity contribution in [1.82, 2.24) is 0 Å². The van der Waals surface area contributed by atoms with Crippen molar-refractivity contribution in [2.24, 2.45) is 0 Å². The number of alkyl halides is 20. The van der Waals surface area contributed by atoms with E-state index in [4.69, 9.17) is 9.66 Å². The van der Waals surface area contributed by atoms with Crippen LogP contribution in [-0.4, -0.2) is 129 Å². The summed E-state index contributed by atoms with van der Waals surface area (Å²) in [7, 11) is -5.75. The minimum atomic E-state index is -7.28. The van der Waals surface area contributed by atoms with Crippen molar-refractivity contribution in [3.63, 3.8) is 0 Å². The van der Waals surface area contributed by atoms with E-state index in [0.717, 1.165) is 0 Å². The molecule has 0 aliphatic rings. The van der Waals surface area contributed by atoms with Crippen LogP contribution in [0.3, 0.4) is 0 Å². The van der Waals surface area contributed by atoms with Gasteiger partial charge in [0.1, 0.15) is 19.3 Å². The third-order valence-corrected chi connectivity index (χ3v) is 6.43. The first kappa shape index (κ1) is 53.4. The van der Waals surface area contributed by atoms with Crippen LogP contribution in [0, 0.1) is 0 Å². The van der Waals surface area contributed by atoms with Gasteiger partial charge in [-0.15, -0.1) is 0 Å².